The smallest absolute Gasteiger partial charge is 0.432 e. The number of H-pyrrole nitrogens is 2. The third kappa shape index (κ3) is 7.79. The lowest BCUT2D eigenvalue weighted by Gasteiger charge is -2.39. The summed E-state index contributed by atoms with van der Waals surface area (Å²) in [5.74, 6) is 1.18. The van der Waals surface area contributed by atoms with E-state index >= 15 is 0 Å². The molecule has 4 heterocycles. The number of ether oxygens (including phenoxy) is 2. The number of rotatable bonds is 11. The lowest BCUT2D eigenvalue weighted by atomic mass is 9.79. The third-order valence-electron chi connectivity index (χ3n) is 13.3. The molecule has 2 aromatic carbocycles. The number of fused-ring (bicyclic) bond motifs is 2. The van der Waals surface area contributed by atoms with E-state index in [0.29, 0.717) is 11.8 Å². The van der Waals surface area contributed by atoms with Crippen LogP contribution in [0.1, 0.15) is 90.0 Å². The lowest BCUT2D eigenvalue weighted by Crippen LogP contribution is -2.47. The molecule has 4 aromatic rings. The van der Waals surface area contributed by atoms with Gasteiger partial charge in [0.05, 0.1) is 61.9 Å². The Bertz CT molecular complexity index is 2120. The van der Waals surface area contributed by atoms with Crippen LogP contribution < -0.4 is 0 Å². The van der Waals surface area contributed by atoms with Gasteiger partial charge in [0.2, 0.25) is 11.8 Å². The molecule has 2 aliphatic heterocycles. The standard InChI is InChI=1S/C46H54N8O6/c1-25(2)33(21-49-45(57)59-5)43(55)53-37-17-15-31(37)19-39(53)41-47-23-35(51-41)29-11-7-27(8-12-29)28-9-13-30(14-10-28)36-24-48-42(52-36)40-20-32-16-18-38(32)54(40)44(56)34(26(3)4)22-50-46(58)60-6/h7-14,21-26,31-34,37-40H,15-20H2,1-6H3,(H,47,51)(H,48,52). The van der Waals surface area contributed by atoms with Crippen LogP contribution in [-0.4, -0.2) is 92.5 Å². The Morgan fingerprint density at radius 3 is 1.30 bits per heavy atom. The van der Waals surface area contributed by atoms with Gasteiger partial charge in [-0.05, 0) is 84.5 Å². The maximum atomic E-state index is 14.0. The van der Waals surface area contributed by atoms with E-state index in [-0.39, 0.29) is 47.8 Å². The zero-order valence-corrected chi connectivity index (χ0v) is 35.1. The zero-order valence-electron chi connectivity index (χ0n) is 35.1. The Hall–Kier alpha value is -5.92. The SMILES string of the molecule is COC(=O)N=CC(C(=O)N1C(c2ncc(-c3ccc(-c4ccc(-c5cnc(C6CC7CCC7N6C(=O)C(C=NC(=O)OC)C(C)C)[nH]5)cc4)cc3)[nH]2)CC2CCC21)C(C)C. The minimum absolute atomic E-state index is 0.0315. The normalized spacial score (nSPS) is 24.3. The first kappa shape index (κ1) is 40.8. The highest BCUT2D eigenvalue weighted by atomic mass is 16.5. The number of benzene rings is 2. The minimum Gasteiger partial charge on any atom is -0.451 e. The Balaban J connectivity index is 0.945. The second-order valence-corrected chi connectivity index (χ2v) is 17.4. The van der Waals surface area contributed by atoms with E-state index in [2.05, 4.69) is 78.0 Å². The summed E-state index contributed by atoms with van der Waals surface area (Å²) >= 11 is 0. The van der Waals surface area contributed by atoms with Crippen molar-refractivity contribution in [2.24, 2.45) is 45.5 Å². The number of likely N-dealkylation sites (tertiary alicyclic amines) is 2. The number of hydrogen-bond acceptors (Lipinski definition) is 8. The number of methoxy groups -OCH3 is 2. The topological polar surface area (TPSA) is 175 Å². The van der Waals surface area contributed by atoms with E-state index < -0.39 is 24.0 Å². The van der Waals surface area contributed by atoms with E-state index in [0.717, 1.165) is 83.8 Å². The minimum atomic E-state index is -0.715. The highest BCUT2D eigenvalue weighted by Crippen LogP contribution is 2.51. The van der Waals surface area contributed by atoms with Gasteiger partial charge >= 0.3 is 12.2 Å². The quantitative estimate of drug-likeness (QED) is 0.142. The number of aromatic amines is 2. The maximum absolute atomic E-state index is 14.0. The van der Waals surface area contributed by atoms with E-state index in [1.54, 1.807) is 0 Å². The molecule has 60 heavy (non-hydrogen) atoms. The van der Waals surface area contributed by atoms with Crippen LogP contribution in [0.4, 0.5) is 9.59 Å². The first-order chi connectivity index (χ1) is 28.9. The Morgan fingerprint density at radius 1 is 0.617 bits per heavy atom. The Morgan fingerprint density at radius 2 is 0.983 bits per heavy atom. The number of carbonyl (C=O) groups excluding carboxylic acids is 4. The van der Waals surface area contributed by atoms with Gasteiger partial charge in [-0.15, -0.1) is 0 Å². The number of carbonyl (C=O) groups is 4. The van der Waals surface area contributed by atoms with Gasteiger partial charge in [-0.1, -0.05) is 76.2 Å². The highest BCUT2D eigenvalue weighted by molar-refractivity contribution is 5.98. The second-order valence-electron chi connectivity index (χ2n) is 17.4. The van der Waals surface area contributed by atoms with Crippen LogP contribution in [0.3, 0.4) is 0 Å². The van der Waals surface area contributed by atoms with Crippen molar-refractivity contribution in [1.82, 2.24) is 29.7 Å². The van der Waals surface area contributed by atoms with Crippen molar-refractivity contribution in [1.29, 1.82) is 0 Å². The lowest BCUT2D eigenvalue weighted by molar-refractivity contribution is -0.140. The van der Waals surface area contributed by atoms with Gasteiger partial charge in [-0.3, -0.25) is 9.59 Å². The van der Waals surface area contributed by atoms with E-state index in [4.69, 9.17) is 9.97 Å². The Kier molecular flexibility index (Phi) is 11.6. The van der Waals surface area contributed by atoms with Crippen molar-refractivity contribution >= 4 is 36.4 Å². The molecule has 8 unspecified atom stereocenters. The second kappa shape index (κ2) is 17.0. The molecule has 0 bridgehead atoms. The molecule has 314 valence electrons. The number of nitrogens with one attached hydrogen (secondary N) is 2. The first-order valence-electron chi connectivity index (χ1n) is 21.1. The first-order valence-corrected chi connectivity index (χ1v) is 21.1. The molecule has 4 amide bonds. The number of nitrogens with zero attached hydrogens (tertiary/aromatic N) is 6. The summed E-state index contributed by atoms with van der Waals surface area (Å²) in [7, 11) is 2.55. The Labute approximate surface area is 350 Å². The molecule has 0 spiro atoms. The largest absolute Gasteiger partial charge is 0.451 e. The van der Waals surface area contributed by atoms with Gasteiger partial charge < -0.3 is 29.2 Å². The van der Waals surface area contributed by atoms with Gasteiger partial charge in [0.1, 0.15) is 11.6 Å². The van der Waals surface area contributed by atoms with Crippen molar-refractivity contribution in [2.45, 2.75) is 90.4 Å². The number of aliphatic imine (C=N–C) groups is 2. The van der Waals surface area contributed by atoms with Crippen molar-refractivity contribution in [3.8, 4) is 33.6 Å². The van der Waals surface area contributed by atoms with Crippen LogP contribution in [0, 0.1) is 35.5 Å². The van der Waals surface area contributed by atoms with E-state index in [9.17, 15) is 19.2 Å². The fourth-order valence-corrected chi connectivity index (χ4v) is 9.53. The van der Waals surface area contributed by atoms with Crippen LogP contribution in [-0.2, 0) is 19.1 Å². The van der Waals surface area contributed by atoms with E-state index in [1.165, 1.54) is 26.6 Å². The van der Waals surface area contributed by atoms with Gasteiger partial charge in [-0.25, -0.2) is 19.6 Å². The average molecular weight is 815 g/mol. The summed E-state index contributed by atoms with van der Waals surface area (Å²) in [5, 5.41) is 0. The molecule has 14 nitrogen and oxygen atoms in total. The molecule has 8 rings (SSSR count). The van der Waals surface area contributed by atoms with Gasteiger partial charge in [0.25, 0.3) is 0 Å². The van der Waals surface area contributed by atoms with Gasteiger partial charge in [0, 0.05) is 24.5 Å². The maximum Gasteiger partial charge on any atom is 0.432 e. The number of aromatic nitrogens is 4. The van der Waals surface area contributed by atoms with E-state index in [1.807, 2.05) is 49.9 Å². The summed E-state index contributed by atoms with van der Waals surface area (Å²) in [6, 6.07) is 16.7. The van der Waals surface area contributed by atoms with Crippen molar-refractivity contribution in [3.63, 3.8) is 0 Å². The predicted molar refractivity (Wildman–Crippen MR) is 227 cm³/mol. The molecule has 2 saturated carbocycles. The van der Waals surface area contributed by atoms with Crippen LogP contribution in [0.25, 0.3) is 33.6 Å². The summed E-state index contributed by atoms with van der Waals surface area (Å²) in [5.41, 5.74) is 5.88. The third-order valence-corrected chi connectivity index (χ3v) is 13.3. The average Bonchev–Trinajstić information content (AvgIpc) is 4.02. The molecular formula is C46H54N8O6. The molecular weight excluding hydrogens is 761 g/mol. The van der Waals surface area contributed by atoms with Crippen molar-refractivity contribution in [3.05, 3.63) is 72.6 Å². The molecule has 4 fully saturated rings. The molecule has 2 aromatic heterocycles. The number of hydrogen-bond donors (Lipinski definition) is 2. The molecule has 2 aliphatic carbocycles. The molecule has 8 atom stereocenters. The fraction of sp³-hybridized carbons (Fsp3) is 0.478. The summed E-state index contributed by atoms with van der Waals surface area (Å²) in [6.45, 7) is 7.85. The van der Waals surface area contributed by atoms with Crippen LogP contribution in [0.2, 0.25) is 0 Å². The van der Waals surface area contributed by atoms with Crippen LogP contribution in [0.15, 0.2) is 70.9 Å². The number of imidazole rings is 2. The molecule has 14 heteroatoms. The van der Waals surface area contributed by atoms with Crippen molar-refractivity contribution in [2.75, 3.05) is 14.2 Å². The molecule has 0 radical (unpaired) electrons. The van der Waals surface area contributed by atoms with Crippen molar-refractivity contribution < 1.29 is 28.7 Å². The predicted octanol–water partition coefficient (Wildman–Crippen LogP) is 8.46. The number of amides is 4. The molecule has 4 aliphatic rings. The fourth-order valence-electron chi connectivity index (χ4n) is 9.53. The zero-order chi connectivity index (χ0) is 42.2. The molecule has 2 N–H and O–H groups in total. The monoisotopic (exact) mass is 814 g/mol. The van der Waals surface area contributed by atoms with Gasteiger partial charge in [-0.2, -0.15) is 9.98 Å². The molecule has 2 saturated heterocycles. The van der Waals surface area contributed by atoms with Gasteiger partial charge in [0.15, 0.2) is 0 Å². The summed E-state index contributed by atoms with van der Waals surface area (Å²) in [6.07, 6.45) is 10.9. The van der Waals surface area contributed by atoms with Crippen LogP contribution in [0.5, 0.6) is 0 Å². The summed E-state index contributed by atoms with van der Waals surface area (Å²) < 4.78 is 9.35. The summed E-state index contributed by atoms with van der Waals surface area (Å²) in [4.78, 5) is 79.9. The van der Waals surface area contributed by atoms with Crippen LogP contribution >= 0.6 is 0 Å². The highest BCUT2D eigenvalue weighted by Gasteiger charge is 2.52.